The highest BCUT2D eigenvalue weighted by atomic mass is 16.1. The smallest absolute Gasteiger partial charge is 0.306 e. The van der Waals surface area contributed by atoms with Crippen molar-refractivity contribution in [3.8, 4) is 0 Å². The van der Waals surface area contributed by atoms with Crippen LogP contribution in [0.25, 0.3) is 11.0 Å². The van der Waals surface area contributed by atoms with Gasteiger partial charge in [0.2, 0.25) is 0 Å². The molecule has 0 aliphatic rings. The SMILES string of the molecule is C.CC(C)c1ccc2[nH]c(=O)[nH]c2c1.[HH].[HH]. The second-order valence-electron chi connectivity index (χ2n) is 3.54. The lowest BCUT2D eigenvalue weighted by molar-refractivity contribution is 0.868. The summed E-state index contributed by atoms with van der Waals surface area (Å²) in [4.78, 5) is 16.4. The maximum absolute atomic E-state index is 11.0. The van der Waals surface area contributed by atoms with Crippen LogP contribution in [0.1, 0.15) is 35.6 Å². The lowest BCUT2D eigenvalue weighted by Crippen LogP contribution is -1.99. The van der Waals surface area contributed by atoms with Crippen molar-refractivity contribution < 1.29 is 2.85 Å². The number of hydrogen-bond acceptors (Lipinski definition) is 1. The van der Waals surface area contributed by atoms with Gasteiger partial charge in [-0.25, -0.2) is 4.79 Å². The van der Waals surface area contributed by atoms with Gasteiger partial charge < -0.3 is 9.97 Å². The van der Waals surface area contributed by atoms with Gasteiger partial charge in [0.15, 0.2) is 0 Å². The molecule has 2 aromatic rings. The second-order valence-corrected chi connectivity index (χ2v) is 3.54. The maximum Gasteiger partial charge on any atom is 0.323 e. The minimum atomic E-state index is -0.143. The molecule has 0 atom stereocenters. The molecule has 2 rings (SSSR count). The number of benzene rings is 1. The highest BCUT2D eigenvalue weighted by Gasteiger charge is 2.02. The molecule has 0 bridgehead atoms. The largest absolute Gasteiger partial charge is 0.323 e. The highest BCUT2D eigenvalue weighted by molar-refractivity contribution is 5.75. The summed E-state index contributed by atoms with van der Waals surface area (Å²) in [5.41, 5.74) is 2.85. The molecule has 0 saturated heterocycles. The molecule has 0 radical (unpaired) electrons. The number of imidazole rings is 1. The quantitative estimate of drug-likeness (QED) is 0.723. The van der Waals surface area contributed by atoms with E-state index in [9.17, 15) is 4.79 Å². The van der Waals surface area contributed by atoms with Crippen LogP contribution >= 0.6 is 0 Å². The fourth-order valence-corrected chi connectivity index (χ4v) is 1.41. The predicted molar refractivity (Wildman–Crippen MR) is 64.0 cm³/mol. The van der Waals surface area contributed by atoms with Gasteiger partial charge in [-0.2, -0.15) is 0 Å². The molecule has 0 unspecified atom stereocenters. The summed E-state index contributed by atoms with van der Waals surface area (Å²) in [5.74, 6) is 0.489. The molecule has 2 N–H and O–H groups in total. The first-order valence-electron chi connectivity index (χ1n) is 4.39. The molecule has 14 heavy (non-hydrogen) atoms. The van der Waals surface area contributed by atoms with E-state index in [1.54, 1.807) is 0 Å². The van der Waals surface area contributed by atoms with Crippen molar-refractivity contribution in [3.63, 3.8) is 0 Å². The molecule has 1 aromatic heterocycles. The van der Waals surface area contributed by atoms with Crippen LogP contribution in [0.2, 0.25) is 0 Å². The van der Waals surface area contributed by atoms with E-state index in [1.165, 1.54) is 5.56 Å². The summed E-state index contributed by atoms with van der Waals surface area (Å²) < 4.78 is 0. The van der Waals surface area contributed by atoms with E-state index in [0.717, 1.165) is 11.0 Å². The summed E-state index contributed by atoms with van der Waals surface area (Å²) in [6, 6.07) is 5.98. The average molecular weight is 196 g/mol. The van der Waals surface area contributed by atoms with Gasteiger partial charge in [0.1, 0.15) is 0 Å². The topological polar surface area (TPSA) is 48.6 Å². The molecule has 1 aromatic carbocycles. The van der Waals surface area contributed by atoms with Gasteiger partial charge in [-0.15, -0.1) is 0 Å². The Balaban J connectivity index is 0. The summed E-state index contributed by atoms with van der Waals surface area (Å²) in [6.07, 6.45) is 0. The van der Waals surface area contributed by atoms with E-state index in [-0.39, 0.29) is 16.0 Å². The fourth-order valence-electron chi connectivity index (χ4n) is 1.41. The minimum Gasteiger partial charge on any atom is -0.306 e. The Morgan fingerprint density at radius 2 is 1.86 bits per heavy atom. The average Bonchev–Trinajstić information content (AvgIpc) is 2.42. The zero-order valence-corrected chi connectivity index (χ0v) is 7.72. The first-order chi connectivity index (χ1) is 6.16. The van der Waals surface area contributed by atoms with Gasteiger partial charge in [-0.1, -0.05) is 27.3 Å². The van der Waals surface area contributed by atoms with Crippen LogP contribution in [0.3, 0.4) is 0 Å². The van der Waals surface area contributed by atoms with E-state index >= 15 is 0 Å². The number of fused-ring (bicyclic) bond motifs is 1. The summed E-state index contributed by atoms with van der Waals surface area (Å²) in [5, 5.41) is 0. The first kappa shape index (κ1) is 10.6. The first-order valence-corrected chi connectivity index (χ1v) is 4.39. The van der Waals surface area contributed by atoms with Crippen LogP contribution in [0, 0.1) is 0 Å². The lowest BCUT2D eigenvalue weighted by atomic mass is 10.0. The van der Waals surface area contributed by atoms with E-state index in [2.05, 4.69) is 23.8 Å². The minimum absolute atomic E-state index is 0. The van der Waals surface area contributed by atoms with Crippen molar-refractivity contribution in [2.24, 2.45) is 0 Å². The molecule has 0 amide bonds. The monoisotopic (exact) mass is 196 g/mol. The van der Waals surface area contributed by atoms with Gasteiger partial charge in [0.05, 0.1) is 11.0 Å². The Bertz CT molecular complexity index is 488. The van der Waals surface area contributed by atoms with Crippen LogP contribution in [0.4, 0.5) is 0 Å². The van der Waals surface area contributed by atoms with Crippen molar-refractivity contribution >= 4 is 11.0 Å². The molecule has 0 aliphatic carbocycles. The molecule has 80 valence electrons. The summed E-state index contributed by atoms with van der Waals surface area (Å²) in [6.45, 7) is 4.26. The van der Waals surface area contributed by atoms with Gasteiger partial charge >= 0.3 is 5.69 Å². The molecule has 3 heteroatoms. The van der Waals surface area contributed by atoms with E-state index in [4.69, 9.17) is 0 Å². The third kappa shape index (κ3) is 1.71. The molecule has 0 saturated carbocycles. The van der Waals surface area contributed by atoms with Crippen LogP contribution in [-0.2, 0) is 0 Å². The third-order valence-electron chi connectivity index (χ3n) is 2.21. The molecule has 0 aliphatic heterocycles. The normalized spacial score (nSPS) is 10.5. The predicted octanol–water partition coefficient (Wildman–Crippen LogP) is 3.11. The van der Waals surface area contributed by atoms with E-state index in [0.29, 0.717) is 5.92 Å². The zero-order valence-electron chi connectivity index (χ0n) is 7.72. The second kappa shape index (κ2) is 3.70. The van der Waals surface area contributed by atoms with Crippen molar-refractivity contribution in [1.82, 2.24) is 9.97 Å². The van der Waals surface area contributed by atoms with Crippen LogP contribution in [0.15, 0.2) is 23.0 Å². The Kier molecular flexibility index (Phi) is 2.79. The van der Waals surface area contributed by atoms with Crippen molar-refractivity contribution in [2.75, 3.05) is 0 Å². The summed E-state index contributed by atoms with van der Waals surface area (Å²) in [7, 11) is 0. The molecular formula is C11H20N2O. The standard InChI is InChI=1S/C10H12N2O.CH4.2H2/c1-6(2)7-3-4-8-9(5-7)12-10(13)11-8;;;/h3-6H,1-2H3,(H2,11,12,13);1H4;2*1H. The van der Waals surface area contributed by atoms with Crippen LogP contribution in [-0.4, -0.2) is 9.97 Å². The molecule has 0 fully saturated rings. The van der Waals surface area contributed by atoms with Gasteiger partial charge in [-0.05, 0) is 23.6 Å². The Labute approximate surface area is 86.1 Å². The Morgan fingerprint density at radius 3 is 2.50 bits per heavy atom. The lowest BCUT2D eigenvalue weighted by Gasteiger charge is -2.03. The number of H-pyrrole nitrogens is 2. The van der Waals surface area contributed by atoms with Crippen LogP contribution in [0.5, 0.6) is 0 Å². The van der Waals surface area contributed by atoms with E-state index in [1.807, 2.05) is 18.2 Å². The van der Waals surface area contributed by atoms with Gasteiger partial charge in [0, 0.05) is 2.85 Å². The number of aromatic amines is 2. The molecular weight excluding hydrogens is 176 g/mol. The zero-order chi connectivity index (χ0) is 9.42. The van der Waals surface area contributed by atoms with Crippen molar-refractivity contribution in [3.05, 3.63) is 34.2 Å². The fraction of sp³-hybridized carbons (Fsp3) is 0.364. The Morgan fingerprint density at radius 1 is 1.21 bits per heavy atom. The summed E-state index contributed by atoms with van der Waals surface area (Å²) >= 11 is 0. The molecule has 3 nitrogen and oxygen atoms in total. The van der Waals surface area contributed by atoms with Crippen molar-refractivity contribution in [1.29, 1.82) is 0 Å². The molecule has 1 heterocycles. The number of rotatable bonds is 1. The number of hydrogen-bond donors (Lipinski definition) is 2. The highest BCUT2D eigenvalue weighted by Crippen LogP contribution is 2.17. The number of aromatic nitrogens is 2. The van der Waals surface area contributed by atoms with Gasteiger partial charge in [0.25, 0.3) is 0 Å². The van der Waals surface area contributed by atoms with Crippen molar-refractivity contribution in [2.45, 2.75) is 27.2 Å². The maximum atomic E-state index is 11.0. The van der Waals surface area contributed by atoms with Gasteiger partial charge in [-0.3, -0.25) is 0 Å². The number of nitrogens with one attached hydrogen (secondary N) is 2. The third-order valence-corrected chi connectivity index (χ3v) is 2.21. The Hall–Kier alpha value is -1.51. The van der Waals surface area contributed by atoms with E-state index < -0.39 is 0 Å². The molecule has 0 spiro atoms. The van der Waals surface area contributed by atoms with Crippen LogP contribution < -0.4 is 5.69 Å².